The molecule has 0 aromatic heterocycles. The highest BCUT2D eigenvalue weighted by Crippen LogP contribution is 2.29. The van der Waals surface area contributed by atoms with Crippen LogP contribution in [-0.2, 0) is 23.8 Å². The SMILES string of the molecule is CC(OC(=O)c1ccccc1)[C@@H]1C[C@H](OS(=O)(=O)C(F)(F)F)CO1. The average Bonchev–Trinajstić information content (AvgIpc) is 2.95. The van der Waals surface area contributed by atoms with Crippen molar-refractivity contribution in [1.29, 1.82) is 0 Å². The summed E-state index contributed by atoms with van der Waals surface area (Å²) in [4.78, 5) is 11.9. The van der Waals surface area contributed by atoms with Crippen molar-refractivity contribution in [3.8, 4) is 0 Å². The number of halogens is 3. The van der Waals surface area contributed by atoms with Crippen LogP contribution in [0.5, 0.6) is 0 Å². The van der Waals surface area contributed by atoms with Crippen LogP contribution >= 0.6 is 0 Å². The van der Waals surface area contributed by atoms with Gasteiger partial charge in [0.1, 0.15) is 12.2 Å². The summed E-state index contributed by atoms with van der Waals surface area (Å²) >= 11 is 0. The number of benzene rings is 1. The second kappa shape index (κ2) is 7.08. The lowest BCUT2D eigenvalue weighted by atomic mass is 10.1. The molecule has 2 rings (SSSR count). The Labute approximate surface area is 136 Å². The highest BCUT2D eigenvalue weighted by atomic mass is 32.2. The van der Waals surface area contributed by atoms with Gasteiger partial charge in [0.25, 0.3) is 0 Å². The number of hydrogen-bond donors (Lipinski definition) is 0. The Kier molecular flexibility index (Phi) is 5.51. The van der Waals surface area contributed by atoms with E-state index in [1.54, 1.807) is 30.3 Å². The minimum atomic E-state index is -5.68. The fourth-order valence-corrected chi connectivity index (χ4v) is 2.74. The zero-order valence-electron chi connectivity index (χ0n) is 12.5. The van der Waals surface area contributed by atoms with Crippen molar-refractivity contribution in [2.45, 2.75) is 37.2 Å². The van der Waals surface area contributed by atoms with Gasteiger partial charge < -0.3 is 9.47 Å². The quantitative estimate of drug-likeness (QED) is 0.451. The molecular weight excluding hydrogens is 353 g/mol. The largest absolute Gasteiger partial charge is 0.523 e. The summed E-state index contributed by atoms with van der Waals surface area (Å²) in [5.41, 5.74) is -5.17. The lowest BCUT2D eigenvalue weighted by Crippen LogP contribution is -2.31. The summed E-state index contributed by atoms with van der Waals surface area (Å²) in [6.45, 7) is 1.17. The first-order valence-electron chi connectivity index (χ1n) is 6.97. The van der Waals surface area contributed by atoms with Gasteiger partial charge in [-0.2, -0.15) is 21.6 Å². The van der Waals surface area contributed by atoms with Gasteiger partial charge >= 0.3 is 21.6 Å². The van der Waals surface area contributed by atoms with Gasteiger partial charge in [-0.1, -0.05) is 18.2 Å². The predicted molar refractivity (Wildman–Crippen MR) is 75.5 cm³/mol. The van der Waals surface area contributed by atoms with E-state index in [0.29, 0.717) is 5.56 Å². The monoisotopic (exact) mass is 368 g/mol. The Bertz CT molecular complexity index is 674. The average molecular weight is 368 g/mol. The van der Waals surface area contributed by atoms with Crippen LogP contribution in [0.25, 0.3) is 0 Å². The van der Waals surface area contributed by atoms with Crippen LogP contribution < -0.4 is 0 Å². The van der Waals surface area contributed by atoms with Crippen molar-refractivity contribution in [3.63, 3.8) is 0 Å². The molecule has 24 heavy (non-hydrogen) atoms. The summed E-state index contributed by atoms with van der Waals surface area (Å²) in [7, 11) is -5.68. The maximum absolute atomic E-state index is 12.3. The molecule has 1 unspecified atom stereocenters. The van der Waals surface area contributed by atoms with Crippen LogP contribution in [0.1, 0.15) is 23.7 Å². The third kappa shape index (κ3) is 4.46. The van der Waals surface area contributed by atoms with E-state index >= 15 is 0 Å². The fourth-order valence-electron chi connectivity index (χ4n) is 2.14. The smallest absolute Gasteiger partial charge is 0.456 e. The highest BCUT2D eigenvalue weighted by molar-refractivity contribution is 7.87. The Hall–Kier alpha value is -1.65. The first-order valence-corrected chi connectivity index (χ1v) is 8.38. The van der Waals surface area contributed by atoms with E-state index in [1.807, 2.05) is 0 Å². The van der Waals surface area contributed by atoms with Gasteiger partial charge in [0, 0.05) is 6.42 Å². The molecule has 1 saturated heterocycles. The molecule has 1 heterocycles. The molecule has 0 spiro atoms. The Balaban J connectivity index is 1.90. The minimum absolute atomic E-state index is 0.140. The lowest BCUT2D eigenvalue weighted by molar-refractivity contribution is -0.0575. The van der Waals surface area contributed by atoms with Crippen LogP contribution in [0.2, 0.25) is 0 Å². The fraction of sp³-hybridized carbons (Fsp3) is 0.500. The molecule has 3 atom stereocenters. The molecule has 1 aromatic rings. The maximum atomic E-state index is 12.3. The van der Waals surface area contributed by atoms with Crippen molar-refractivity contribution in [3.05, 3.63) is 35.9 Å². The van der Waals surface area contributed by atoms with Gasteiger partial charge in [-0.3, -0.25) is 4.18 Å². The molecule has 0 amide bonds. The zero-order valence-corrected chi connectivity index (χ0v) is 13.3. The van der Waals surface area contributed by atoms with Gasteiger partial charge in [0.2, 0.25) is 0 Å². The van der Waals surface area contributed by atoms with E-state index < -0.39 is 39.9 Å². The zero-order chi connectivity index (χ0) is 18.0. The molecule has 1 aromatic carbocycles. The molecule has 0 bridgehead atoms. The van der Waals surface area contributed by atoms with Crippen molar-refractivity contribution < 1.29 is 40.0 Å². The van der Waals surface area contributed by atoms with Crippen LogP contribution in [0.3, 0.4) is 0 Å². The molecule has 134 valence electrons. The molecule has 1 aliphatic heterocycles. The summed E-state index contributed by atoms with van der Waals surface area (Å²) in [6, 6.07) is 8.13. The number of carbonyl (C=O) groups excluding carboxylic acids is 1. The number of carbonyl (C=O) groups is 1. The lowest BCUT2D eigenvalue weighted by Gasteiger charge is -2.19. The Morgan fingerprint density at radius 2 is 1.92 bits per heavy atom. The predicted octanol–water partition coefficient (Wildman–Crippen LogP) is 2.26. The number of hydrogen-bond acceptors (Lipinski definition) is 6. The van der Waals surface area contributed by atoms with Crippen molar-refractivity contribution in [1.82, 2.24) is 0 Å². The second-order valence-electron chi connectivity index (χ2n) is 5.20. The Morgan fingerprint density at radius 1 is 1.29 bits per heavy atom. The van der Waals surface area contributed by atoms with Gasteiger partial charge in [0.15, 0.2) is 0 Å². The summed E-state index contributed by atoms with van der Waals surface area (Å²) in [5, 5.41) is 0. The van der Waals surface area contributed by atoms with Crippen LogP contribution in [0.15, 0.2) is 30.3 Å². The highest BCUT2D eigenvalue weighted by Gasteiger charge is 2.49. The number of ether oxygens (including phenoxy) is 2. The molecule has 1 aliphatic rings. The maximum Gasteiger partial charge on any atom is 0.523 e. The standard InChI is InChI=1S/C14H15F3O6S/c1-9(22-13(18)10-5-3-2-4-6-10)12-7-11(8-21-12)23-24(19,20)14(15,16)17/h2-6,9,11-12H,7-8H2,1H3/t9?,11-,12-/m0/s1. The normalized spacial score (nSPS) is 23.0. The minimum Gasteiger partial charge on any atom is -0.456 e. The summed E-state index contributed by atoms with van der Waals surface area (Å²) in [6.07, 6.45) is -2.95. The van der Waals surface area contributed by atoms with E-state index in [4.69, 9.17) is 9.47 Å². The second-order valence-corrected chi connectivity index (χ2v) is 6.77. The van der Waals surface area contributed by atoms with Crippen LogP contribution in [0.4, 0.5) is 13.2 Å². The molecule has 0 radical (unpaired) electrons. The molecule has 0 saturated carbocycles. The third-order valence-corrected chi connectivity index (χ3v) is 4.46. The summed E-state index contributed by atoms with van der Waals surface area (Å²) in [5.74, 6) is -0.612. The molecule has 6 nitrogen and oxygen atoms in total. The Morgan fingerprint density at radius 3 is 2.50 bits per heavy atom. The van der Waals surface area contributed by atoms with E-state index in [2.05, 4.69) is 4.18 Å². The molecule has 1 fully saturated rings. The number of esters is 1. The van der Waals surface area contributed by atoms with Crippen LogP contribution in [0, 0.1) is 0 Å². The molecular formula is C14H15F3O6S. The van der Waals surface area contributed by atoms with E-state index in [-0.39, 0.29) is 13.0 Å². The van der Waals surface area contributed by atoms with E-state index in [0.717, 1.165) is 0 Å². The first-order chi connectivity index (χ1) is 11.1. The number of alkyl halides is 3. The van der Waals surface area contributed by atoms with Crippen molar-refractivity contribution >= 4 is 16.1 Å². The van der Waals surface area contributed by atoms with E-state index in [9.17, 15) is 26.4 Å². The molecule has 0 N–H and O–H groups in total. The molecule has 0 aliphatic carbocycles. The van der Waals surface area contributed by atoms with Crippen molar-refractivity contribution in [2.24, 2.45) is 0 Å². The van der Waals surface area contributed by atoms with Crippen LogP contribution in [-0.4, -0.2) is 44.8 Å². The van der Waals surface area contributed by atoms with Crippen molar-refractivity contribution in [2.75, 3.05) is 6.61 Å². The topological polar surface area (TPSA) is 78.9 Å². The third-order valence-electron chi connectivity index (χ3n) is 3.36. The van der Waals surface area contributed by atoms with E-state index in [1.165, 1.54) is 6.92 Å². The molecule has 10 heteroatoms. The van der Waals surface area contributed by atoms with Gasteiger partial charge in [-0.25, -0.2) is 4.79 Å². The van der Waals surface area contributed by atoms with Gasteiger partial charge in [-0.05, 0) is 19.1 Å². The van der Waals surface area contributed by atoms with Gasteiger partial charge in [0.05, 0.1) is 18.3 Å². The first kappa shape index (κ1) is 18.7. The summed E-state index contributed by atoms with van der Waals surface area (Å²) < 4.78 is 73.2. The number of rotatable bonds is 5. The van der Waals surface area contributed by atoms with Gasteiger partial charge in [-0.15, -0.1) is 0 Å².